The van der Waals surface area contributed by atoms with Gasteiger partial charge in [0.25, 0.3) is 0 Å². The summed E-state index contributed by atoms with van der Waals surface area (Å²) in [6, 6.07) is 28.7. The van der Waals surface area contributed by atoms with E-state index in [9.17, 15) is 0 Å². The normalized spacial score (nSPS) is 15.6. The Bertz CT molecular complexity index is 1520. The Kier molecular flexibility index (Phi) is 8.49. The molecule has 216 valence electrons. The van der Waals surface area contributed by atoms with E-state index in [1.807, 2.05) is 42.5 Å². The summed E-state index contributed by atoms with van der Waals surface area (Å²) in [5.41, 5.74) is 6.85. The summed E-state index contributed by atoms with van der Waals surface area (Å²) in [4.78, 5) is 0. The second-order valence-electron chi connectivity index (χ2n) is 11.6. The standard InChI is InChI=1S/C36H39BO5/c1-25-28(14-11-15-31(25)27-12-9-8-10-13-27)24-40-30-22-33(38-6)32(34(23-30)39-7)21-18-26-16-19-29(20-17-26)37-41-35(2,3)36(4,5)42-37/h8-23H,24H2,1-7H3/b21-18+. The summed E-state index contributed by atoms with van der Waals surface area (Å²) in [6.45, 7) is 10.8. The van der Waals surface area contributed by atoms with Gasteiger partial charge in [0, 0.05) is 12.1 Å². The average molecular weight is 563 g/mol. The Morgan fingerprint density at radius 1 is 0.738 bits per heavy atom. The van der Waals surface area contributed by atoms with Crippen molar-refractivity contribution in [3.63, 3.8) is 0 Å². The maximum absolute atomic E-state index is 6.25. The van der Waals surface area contributed by atoms with Gasteiger partial charge < -0.3 is 23.5 Å². The van der Waals surface area contributed by atoms with Crippen LogP contribution in [-0.4, -0.2) is 32.5 Å². The average Bonchev–Trinajstić information content (AvgIpc) is 3.22. The lowest BCUT2D eigenvalue weighted by Gasteiger charge is -2.32. The Morgan fingerprint density at radius 3 is 1.95 bits per heavy atom. The molecule has 0 saturated carbocycles. The van der Waals surface area contributed by atoms with E-state index in [0.717, 1.165) is 22.2 Å². The van der Waals surface area contributed by atoms with E-state index in [-0.39, 0.29) is 18.3 Å². The molecule has 0 spiro atoms. The zero-order valence-electron chi connectivity index (χ0n) is 25.6. The number of methoxy groups -OCH3 is 2. The number of hydrogen-bond donors (Lipinski definition) is 0. The molecule has 0 bridgehead atoms. The van der Waals surface area contributed by atoms with Crippen LogP contribution in [0.2, 0.25) is 0 Å². The molecule has 0 radical (unpaired) electrons. The van der Waals surface area contributed by atoms with E-state index in [2.05, 4.69) is 89.2 Å². The van der Waals surface area contributed by atoms with E-state index >= 15 is 0 Å². The molecular formula is C36H39BO5. The predicted molar refractivity (Wildman–Crippen MR) is 172 cm³/mol. The molecule has 1 heterocycles. The highest BCUT2D eigenvalue weighted by Crippen LogP contribution is 2.38. The number of rotatable bonds is 9. The lowest BCUT2D eigenvalue weighted by Crippen LogP contribution is -2.41. The Balaban J connectivity index is 1.31. The number of benzene rings is 4. The Morgan fingerprint density at radius 2 is 1.36 bits per heavy atom. The quantitative estimate of drug-likeness (QED) is 0.154. The molecule has 0 N–H and O–H groups in total. The summed E-state index contributed by atoms with van der Waals surface area (Å²) in [6.07, 6.45) is 4.03. The fraction of sp³-hybridized carbons (Fsp3) is 0.278. The van der Waals surface area contributed by atoms with Crippen molar-refractivity contribution in [2.45, 2.75) is 52.4 Å². The van der Waals surface area contributed by atoms with Gasteiger partial charge in [-0.05, 0) is 74.0 Å². The van der Waals surface area contributed by atoms with Gasteiger partial charge in [0.1, 0.15) is 23.9 Å². The third kappa shape index (κ3) is 6.11. The van der Waals surface area contributed by atoms with Crippen LogP contribution in [0.3, 0.4) is 0 Å². The predicted octanol–water partition coefficient (Wildman–Crippen LogP) is 7.73. The minimum atomic E-state index is -0.384. The number of hydrogen-bond acceptors (Lipinski definition) is 5. The molecule has 6 heteroatoms. The molecule has 1 saturated heterocycles. The first-order chi connectivity index (χ1) is 20.1. The first-order valence-electron chi connectivity index (χ1n) is 14.3. The van der Waals surface area contributed by atoms with Crippen molar-refractivity contribution >= 4 is 24.7 Å². The molecule has 4 aromatic rings. The first-order valence-corrected chi connectivity index (χ1v) is 14.3. The molecule has 5 rings (SSSR count). The fourth-order valence-corrected chi connectivity index (χ4v) is 5.02. The van der Waals surface area contributed by atoms with Crippen LogP contribution in [0, 0.1) is 6.92 Å². The summed E-state index contributed by atoms with van der Waals surface area (Å²) >= 11 is 0. The maximum Gasteiger partial charge on any atom is 0.494 e. The zero-order chi connectivity index (χ0) is 29.9. The summed E-state index contributed by atoms with van der Waals surface area (Å²) in [5.74, 6) is 2.02. The van der Waals surface area contributed by atoms with E-state index in [1.165, 1.54) is 16.7 Å². The van der Waals surface area contributed by atoms with Crippen LogP contribution < -0.4 is 19.7 Å². The molecule has 0 aliphatic carbocycles. The van der Waals surface area contributed by atoms with Crippen molar-refractivity contribution in [3.05, 3.63) is 107 Å². The van der Waals surface area contributed by atoms with Crippen LogP contribution in [0.5, 0.6) is 17.2 Å². The molecule has 1 aliphatic heterocycles. The highest BCUT2D eigenvalue weighted by Gasteiger charge is 2.51. The van der Waals surface area contributed by atoms with Crippen molar-refractivity contribution < 1.29 is 23.5 Å². The summed E-state index contributed by atoms with van der Waals surface area (Å²) < 4.78 is 30.1. The lowest BCUT2D eigenvalue weighted by molar-refractivity contribution is 0.00578. The maximum atomic E-state index is 6.25. The Labute approximate surface area is 250 Å². The minimum absolute atomic E-state index is 0.371. The van der Waals surface area contributed by atoms with Crippen molar-refractivity contribution in [1.29, 1.82) is 0 Å². The molecule has 1 fully saturated rings. The van der Waals surface area contributed by atoms with Crippen LogP contribution in [0.1, 0.15) is 49.9 Å². The third-order valence-electron chi connectivity index (χ3n) is 8.35. The minimum Gasteiger partial charge on any atom is -0.496 e. The van der Waals surface area contributed by atoms with Crippen LogP contribution in [0.25, 0.3) is 23.3 Å². The molecule has 1 aliphatic rings. The van der Waals surface area contributed by atoms with Gasteiger partial charge in [0.15, 0.2) is 0 Å². The van der Waals surface area contributed by atoms with Crippen molar-refractivity contribution in [2.24, 2.45) is 0 Å². The molecule has 0 atom stereocenters. The number of ether oxygens (including phenoxy) is 3. The van der Waals surface area contributed by atoms with Gasteiger partial charge in [-0.2, -0.15) is 0 Å². The van der Waals surface area contributed by atoms with Gasteiger partial charge in [-0.25, -0.2) is 0 Å². The van der Waals surface area contributed by atoms with Crippen LogP contribution >= 0.6 is 0 Å². The molecular weight excluding hydrogens is 523 g/mol. The van der Waals surface area contributed by atoms with Crippen LogP contribution in [0.15, 0.2) is 84.9 Å². The van der Waals surface area contributed by atoms with E-state index in [0.29, 0.717) is 23.9 Å². The molecule has 0 amide bonds. The third-order valence-corrected chi connectivity index (χ3v) is 8.35. The van der Waals surface area contributed by atoms with Gasteiger partial charge in [-0.15, -0.1) is 0 Å². The van der Waals surface area contributed by atoms with Gasteiger partial charge in [0.05, 0.1) is 31.0 Å². The van der Waals surface area contributed by atoms with Crippen molar-refractivity contribution in [2.75, 3.05) is 14.2 Å². The Hall–Kier alpha value is -4.00. The van der Waals surface area contributed by atoms with Gasteiger partial charge in [-0.3, -0.25) is 0 Å². The van der Waals surface area contributed by atoms with E-state index < -0.39 is 0 Å². The second-order valence-corrected chi connectivity index (χ2v) is 11.6. The SMILES string of the molecule is COc1cc(OCc2cccc(-c3ccccc3)c2C)cc(OC)c1/C=C/c1ccc(B2OC(C)(C)C(C)(C)O2)cc1. The summed E-state index contributed by atoms with van der Waals surface area (Å²) in [7, 11) is 2.93. The summed E-state index contributed by atoms with van der Waals surface area (Å²) in [5, 5.41) is 0. The molecule has 0 aromatic heterocycles. The zero-order valence-corrected chi connectivity index (χ0v) is 25.6. The first kappa shape index (κ1) is 29.5. The van der Waals surface area contributed by atoms with E-state index in [4.69, 9.17) is 23.5 Å². The smallest absolute Gasteiger partial charge is 0.494 e. The van der Waals surface area contributed by atoms with Gasteiger partial charge in [-0.1, -0.05) is 78.9 Å². The highest BCUT2D eigenvalue weighted by atomic mass is 16.7. The van der Waals surface area contributed by atoms with E-state index in [1.54, 1.807) is 14.2 Å². The van der Waals surface area contributed by atoms with Gasteiger partial charge >= 0.3 is 7.12 Å². The topological polar surface area (TPSA) is 46.2 Å². The molecule has 42 heavy (non-hydrogen) atoms. The highest BCUT2D eigenvalue weighted by molar-refractivity contribution is 6.62. The molecule has 0 unspecified atom stereocenters. The van der Waals surface area contributed by atoms with Gasteiger partial charge in [0.2, 0.25) is 0 Å². The fourth-order valence-electron chi connectivity index (χ4n) is 5.02. The van der Waals surface area contributed by atoms with Crippen LogP contribution in [-0.2, 0) is 15.9 Å². The largest absolute Gasteiger partial charge is 0.496 e. The molecule has 5 nitrogen and oxygen atoms in total. The lowest BCUT2D eigenvalue weighted by atomic mass is 9.79. The molecule has 4 aromatic carbocycles. The van der Waals surface area contributed by atoms with Crippen molar-refractivity contribution in [3.8, 4) is 28.4 Å². The monoisotopic (exact) mass is 562 g/mol. The van der Waals surface area contributed by atoms with Crippen LogP contribution in [0.4, 0.5) is 0 Å². The second kappa shape index (κ2) is 12.1. The van der Waals surface area contributed by atoms with Crippen molar-refractivity contribution in [1.82, 2.24) is 0 Å².